The minimum absolute atomic E-state index is 0.141. The molecule has 0 fully saturated rings. The highest BCUT2D eigenvalue weighted by molar-refractivity contribution is 6.04. The van der Waals surface area contributed by atoms with Crippen LogP contribution in [0.15, 0.2) is 30.3 Å². The second-order valence-electron chi connectivity index (χ2n) is 5.12. The molecule has 6 nitrogen and oxygen atoms in total. The summed E-state index contributed by atoms with van der Waals surface area (Å²) < 4.78 is 4.88. The SMILES string of the molecule is CCCCNC(=O)COC(=O)c1cc(O)c2ccccc2c1O. The van der Waals surface area contributed by atoms with Crippen LogP contribution in [0.3, 0.4) is 0 Å². The first-order valence-electron chi connectivity index (χ1n) is 7.42. The summed E-state index contributed by atoms with van der Waals surface area (Å²) in [6.07, 6.45) is 1.79. The van der Waals surface area contributed by atoms with Crippen molar-refractivity contribution in [3.05, 3.63) is 35.9 Å². The highest BCUT2D eigenvalue weighted by Gasteiger charge is 2.19. The van der Waals surface area contributed by atoms with Gasteiger partial charge in [0.15, 0.2) is 6.61 Å². The molecule has 0 bridgehead atoms. The summed E-state index contributed by atoms with van der Waals surface area (Å²) in [6, 6.07) is 7.73. The number of carbonyl (C=O) groups is 2. The average molecular weight is 317 g/mol. The minimum Gasteiger partial charge on any atom is -0.507 e. The number of phenolic OH excluding ortho intramolecular Hbond substituents is 2. The fraction of sp³-hybridized carbons (Fsp3) is 0.294. The topological polar surface area (TPSA) is 95.9 Å². The first kappa shape index (κ1) is 16.6. The molecule has 2 aromatic carbocycles. The number of rotatable bonds is 6. The Bertz CT molecular complexity index is 726. The van der Waals surface area contributed by atoms with Crippen LogP contribution in [0.25, 0.3) is 10.8 Å². The van der Waals surface area contributed by atoms with Crippen molar-refractivity contribution in [2.24, 2.45) is 0 Å². The number of aromatic hydroxyl groups is 2. The lowest BCUT2D eigenvalue weighted by Gasteiger charge is -2.10. The Morgan fingerprint density at radius 2 is 1.87 bits per heavy atom. The third-order valence-corrected chi connectivity index (χ3v) is 3.40. The second-order valence-corrected chi connectivity index (χ2v) is 5.12. The van der Waals surface area contributed by atoms with Gasteiger partial charge in [-0.3, -0.25) is 4.79 Å². The minimum atomic E-state index is -0.866. The van der Waals surface area contributed by atoms with Crippen LogP contribution in [0.4, 0.5) is 0 Å². The van der Waals surface area contributed by atoms with Gasteiger partial charge < -0.3 is 20.3 Å². The smallest absolute Gasteiger partial charge is 0.342 e. The van der Waals surface area contributed by atoms with Gasteiger partial charge in [0.1, 0.15) is 17.1 Å². The van der Waals surface area contributed by atoms with Crippen molar-refractivity contribution in [1.82, 2.24) is 5.32 Å². The summed E-state index contributed by atoms with van der Waals surface area (Å²) in [5, 5.41) is 23.5. The molecule has 3 N–H and O–H groups in total. The van der Waals surface area contributed by atoms with E-state index in [-0.39, 0.29) is 17.1 Å². The van der Waals surface area contributed by atoms with Gasteiger partial charge in [0, 0.05) is 17.3 Å². The maximum atomic E-state index is 12.0. The normalized spacial score (nSPS) is 10.5. The van der Waals surface area contributed by atoms with Gasteiger partial charge in [0.2, 0.25) is 0 Å². The molecule has 0 aliphatic heterocycles. The zero-order valence-electron chi connectivity index (χ0n) is 12.8. The van der Waals surface area contributed by atoms with Gasteiger partial charge in [-0.1, -0.05) is 37.6 Å². The van der Waals surface area contributed by atoms with Crippen LogP contribution in [0.1, 0.15) is 30.1 Å². The van der Waals surface area contributed by atoms with Crippen molar-refractivity contribution in [3.8, 4) is 11.5 Å². The van der Waals surface area contributed by atoms with E-state index < -0.39 is 18.5 Å². The Hall–Kier alpha value is -2.76. The lowest BCUT2D eigenvalue weighted by molar-refractivity contribution is -0.124. The molecule has 0 spiro atoms. The van der Waals surface area contributed by atoms with Gasteiger partial charge in [-0.05, 0) is 12.5 Å². The van der Waals surface area contributed by atoms with E-state index in [0.29, 0.717) is 17.3 Å². The fourth-order valence-electron chi connectivity index (χ4n) is 2.16. The molecule has 23 heavy (non-hydrogen) atoms. The molecule has 6 heteroatoms. The zero-order valence-corrected chi connectivity index (χ0v) is 12.8. The van der Waals surface area contributed by atoms with Crippen LogP contribution in [0.5, 0.6) is 11.5 Å². The van der Waals surface area contributed by atoms with E-state index in [1.54, 1.807) is 24.3 Å². The summed E-state index contributed by atoms with van der Waals surface area (Å²) in [5.74, 6) is -1.70. The van der Waals surface area contributed by atoms with Crippen LogP contribution in [-0.4, -0.2) is 35.2 Å². The molecule has 2 aromatic rings. The molecule has 0 heterocycles. The van der Waals surface area contributed by atoms with Crippen molar-refractivity contribution in [2.45, 2.75) is 19.8 Å². The third kappa shape index (κ3) is 3.91. The Morgan fingerprint density at radius 1 is 1.17 bits per heavy atom. The van der Waals surface area contributed by atoms with Crippen LogP contribution < -0.4 is 5.32 Å². The summed E-state index contributed by atoms with van der Waals surface area (Å²) in [6.45, 7) is 2.09. The number of ether oxygens (including phenoxy) is 1. The number of esters is 1. The van der Waals surface area contributed by atoms with E-state index >= 15 is 0 Å². The molecular formula is C17H19NO5. The van der Waals surface area contributed by atoms with Crippen LogP contribution in [0.2, 0.25) is 0 Å². The molecule has 1 amide bonds. The fourth-order valence-corrected chi connectivity index (χ4v) is 2.16. The Labute approximate surface area is 133 Å². The van der Waals surface area contributed by atoms with E-state index in [1.165, 1.54) is 0 Å². The summed E-state index contributed by atoms with van der Waals surface area (Å²) in [7, 11) is 0. The molecule has 2 rings (SSSR count). The summed E-state index contributed by atoms with van der Waals surface area (Å²) >= 11 is 0. The lowest BCUT2D eigenvalue weighted by atomic mass is 10.0. The molecular weight excluding hydrogens is 298 g/mol. The number of carbonyl (C=O) groups excluding carboxylic acids is 2. The Kier molecular flexibility index (Phi) is 5.41. The van der Waals surface area contributed by atoms with Crippen molar-refractivity contribution < 1.29 is 24.5 Å². The number of benzene rings is 2. The molecule has 122 valence electrons. The molecule has 0 saturated carbocycles. The number of hydrogen-bond acceptors (Lipinski definition) is 5. The molecule has 0 unspecified atom stereocenters. The van der Waals surface area contributed by atoms with Gasteiger partial charge in [0.05, 0.1) is 0 Å². The number of amides is 1. The molecule has 0 saturated heterocycles. The number of unbranched alkanes of at least 4 members (excludes halogenated alkanes) is 1. The maximum Gasteiger partial charge on any atom is 0.342 e. The van der Waals surface area contributed by atoms with Crippen molar-refractivity contribution in [1.29, 1.82) is 0 Å². The van der Waals surface area contributed by atoms with Crippen molar-refractivity contribution >= 4 is 22.6 Å². The monoisotopic (exact) mass is 317 g/mol. The van der Waals surface area contributed by atoms with Gasteiger partial charge in [-0.25, -0.2) is 4.79 Å². The lowest BCUT2D eigenvalue weighted by Crippen LogP contribution is -2.29. The number of nitrogens with one attached hydrogen (secondary N) is 1. The van der Waals surface area contributed by atoms with E-state index in [0.717, 1.165) is 18.9 Å². The first-order chi connectivity index (χ1) is 11.0. The molecule has 0 aliphatic carbocycles. The number of hydrogen-bond donors (Lipinski definition) is 3. The standard InChI is InChI=1S/C17H19NO5/c1-2-3-8-18-15(20)10-23-17(22)13-9-14(19)11-6-4-5-7-12(11)16(13)21/h4-7,9,19,21H,2-3,8,10H2,1H3,(H,18,20). The quantitative estimate of drug-likeness (QED) is 0.432. The highest BCUT2D eigenvalue weighted by Crippen LogP contribution is 2.35. The van der Waals surface area contributed by atoms with Gasteiger partial charge >= 0.3 is 5.97 Å². The largest absolute Gasteiger partial charge is 0.507 e. The Balaban J connectivity index is 2.09. The molecule has 0 atom stereocenters. The molecule has 0 radical (unpaired) electrons. The van der Waals surface area contributed by atoms with E-state index in [4.69, 9.17) is 4.74 Å². The van der Waals surface area contributed by atoms with Crippen LogP contribution >= 0.6 is 0 Å². The zero-order chi connectivity index (χ0) is 16.8. The maximum absolute atomic E-state index is 12.0. The van der Waals surface area contributed by atoms with E-state index in [9.17, 15) is 19.8 Å². The molecule has 0 aromatic heterocycles. The van der Waals surface area contributed by atoms with Crippen molar-refractivity contribution in [2.75, 3.05) is 13.2 Å². The Morgan fingerprint density at radius 3 is 2.57 bits per heavy atom. The summed E-state index contributed by atoms with van der Waals surface area (Å²) in [5.41, 5.74) is -0.178. The predicted octanol–water partition coefficient (Wildman–Crippen LogP) is 2.32. The third-order valence-electron chi connectivity index (χ3n) is 3.40. The highest BCUT2D eigenvalue weighted by atomic mass is 16.5. The van der Waals surface area contributed by atoms with Crippen molar-refractivity contribution in [3.63, 3.8) is 0 Å². The predicted molar refractivity (Wildman–Crippen MR) is 85.5 cm³/mol. The van der Waals surface area contributed by atoms with E-state index in [1.807, 2.05) is 6.92 Å². The molecule has 0 aliphatic rings. The summed E-state index contributed by atoms with van der Waals surface area (Å²) in [4.78, 5) is 23.5. The van der Waals surface area contributed by atoms with E-state index in [2.05, 4.69) is 5.32 Å². The number of phenols is 2. The van der Waals surface area contributed by atoms with Gasteiger partial charge in [0.25, 0.3) is 5.91 Å². The number of fused-ring (bicyclic) bond motifs is 1. The average Bonchev–Trinajstić information content (AvgIpc) is 2.56. The first-order valence-corrected chi connectivity index (χ1v) is 7.42. The second kappa shape index (κ2) is 7.49. The van der Waals surface area contributed by atoms with Gasteiger partial charge in [-0.15, -0.1) is 0 Å². The van der Waals surface area contributed by atoms with Crippen LogP contribution in [0, 0.1) is 0 Å². The van der Waals surface area contributed by atoms with Crippen LogP contribution in [-0.2, 0) is 9.53 Å². The van der Waals surface area contributed by atoms with Gasteiger partial charge in [-0.2, -0.15) is 0 Å².